The quantitative estimate of drug-likeness (QED) is 0.620. The number of carboxylic acids is 1. The first-order valence-corrected chi connectivity index (χ1v) is 10.3. The van der Waals surface area contributed by atoms with Gasteiger partial charge < -0.3 is 14.9 Å². The van der Waals surface area contributed by atoms with Crippen LogP contribution in [0.15, 0.2) is 46.3 Å². The molecule has 0 bridgehead atoms. The minimum atomic E-state index is -1.01. The Bertz CT molecular complexity index is 1050. The number of likely N-dealkylation sites (N-methyl/N-ethyl adjacent to an activating group) is 1. The molecule has 1 aliphatic heterocycles. The van der Waals surface area contributed by atoms with Crippen LogP contribution in [0.3, 0.4) is 0 Å². The normalized spacial score (nSPS) is 16.5. The fraction of sp³-hybridized carbons (Fsp3) is 0.190. The molecule has 1 aliphatic rings. The highest BCUT2D eigenvalue weighted by Crippen LogP contribution is 2.38. The molecular weight excluding hydrogens is 428 g/mol. The summed E-state index contributed by atoms with van der Waals surface area (Å²) < 4.78 is 5.39. The number of aliphatic imine (C=N–C) groups is 1. The number of thioether (sulfide) groups is 1. The van der Waals surface area contributed by atoms with Gasteiger partial charge in [-0.1, -0.05) is 11.6 Å². The first-order valence-electron chi connectivity index (χ1n) is 9.12. The number of rotatable bonds is 6. The summed E-state index contributed by atoms with van der Waals surface area (Å²) in [5.41, 5.74) is 1.32. The van der Waals surface area contributed by atoms with Crippen molar-refractivity contribution in [1.82, 2.24) is 4.90 Å². The van der Waals surface area contributed by atoms with Crippen LogP contribution in [-0.4, -0.2) is 45.3 Å². The monoisotopic (exact) mass is 446 g/mol. The first-order chi connectivity index (χ1) is 14.3. The molecule has 30 heavy (non-hydrogen) atoms. The van der Waals surface area contributed by atoms with Crippen LogP contribution in [0.25, 0.3) is 6.08 Å². The summed E-state index contributed by atoms with van der Waals surface area (Å²) in [5.74, 6) is -1.12. The van der Waals surface area contributed by atoms with Crippen LogP contribution < -0.4 is 4.74 Å². The van der Waals surface area contributed by atoms with Crippen LogP contribution >= 0.6 is 23.4 Å². The summed E-state index contributed by atoms with van der Waals surface area (Å²) in [6, 6.07) is 9.27. The largest absolute Gasteiger partial charge is 0.503 e. The van der Waals surface area contributed by atoms with Crippen LogP contribution in [0.1, 0.15) is 29.8 Å². The van der Waals surface area contributed by atoms with Crippen molar-refractivity contribution in [1.29, 1.82) is 0 Å². The van der Waals surface area contributed by atoms with Crippen LogP contribution in [0.2, 0.25) is 5.02 Å². The highest BCUT2D eigenvalue weighted by atomic mass is 35.5. The van der Waals surface area contributed by atoms with Gasteiger partial charge in [-0.05, 0) is 73.6 Å². The number of benzene rings is 2. The van der Waals surface area contributed by atoms with Gasteiger partial charge in [-0.25, -0.2) is 9.79 Å². The van der Waals surface area contributed by atoms with Crippen LogP contribution in [0.5, 0.6) is 11.5 Å². The number of amidine groups is 1. The van der Waals surface area contributed by atoms with Crippen LogP contribution in [-0.2, 0) is 4.79 Å². The van der Waals surface area contributed by atoms with E-state index in [1.807, 2.05) is 6.92 Å². The molecule has 1 saturated heterocycles. The Hall–Kier alpha value is -2.97. The Morgan fingerprint density at radius 3 is 2.57 bits per heavy atom. The number of halogens is 1. The lowest BCUT2D eigenvalue weighted by atomic mass is 10.2. The predicted molar refractivity (Wildman–Crippen MR) is 118 cm³/mol. The molecule has 0 unspecified atom stereocenters. The van der Waals surface area contributed by atoms with Crippen molar-refractivity contribution in [2.75, 3.05) is 13.2 Å². The molecule has 156 valence electrons. The number of aromatic carboxylic acids is 1. The van der Waals surface area contributed by atoms with Gasteiger partial charge in [0.2, 0.25) is 0 Å². The van der Waals surface area contributed by atoms with Crippen LogP contribution in [0.4, 0.5) is 5.69 Å². The Kier molecular flexibility index (Phi) is 6.69. The zero-order valence-corrected chi connectivity index (χ0v) is 17.8. The number of hydrogen-bond acceptors (Lipinski definition) is 6. The second kappa shape index (κ2) is 9.23. The number of aromatic hydroxyl groups is 1. The van der Waals surface area contributed by atoms with E-state index in [1.165, 1.54) is 28.8 Å². The van der Waals surface area contributed by atoms with Crippen molar-refractivity contribution in [3.63, 3.8) is 0 Å². The number of phenolic OH excluding ortho intramolecular Hbond substituents is 1. The van der Waals surface area contributed by atoms with Crippen molar-refractivity contribution in [2.24, 2.45) is 4.99 Å². The molecule has 0 spiro atoms. The molecule has 1 fully saturated rings. The number of ether oxygens (including phenoxy) is 1. The molecular formula is C21H19ClN2O5S. The standard InChI is InChI=1S/C21H19ClN2O5S/c1-3-24-19(26)17(11-12-9-15(22)18(25)16(10-12)29-4-2)30-21(24)23-14-7-5-13(6-8-14)20(27)28/h5-11,25H,3-4H2,1-2H3,(H,27,28)/b17-11-,23-21?. The van der Waals surface area contributed by atoms with E-state index in [0.717, 1.165) is 0 Å². The Balaban J connectivity index is 1.93. The Morgan fingerprint density at radius 1 is 1.27 bits per heavy atom. The third-order valence-corrected chi connectivity index (χ3v) is 5.49. The first kappa shape index (κ1) is 21.7. The fourth-order valence-corrected chi connectivity index (χ4v) is 4.03. The number of carbonyl (C=O) groups excluding carboxylic acids is 1. The second-order valence-corrected chi connectivity index (χ2v) is 7.61. The van der Waals surface area contributed by atoms with Crippen molar-refractivity contribution in [2.45, 2.75) is 13.8 Å². The van der Waals surface area contributed by atoms with Gasteiger partial charge in [0, 0.05) is 6.54 Å². The lowest BCUT2D eigenvalue weighted by molar-refractivity contribution is -0.122. The van der Waals surface area contributed by atoms with E-state index in [9.17, 15) is 14.7 Å². The number of amides is 1. The molecule has 1 amide bonds. The average Bonchev–Trinajstić information content (AvgIpc) is 3.00. The minimum Gasteiger partial charge on any atom is -0.503 e. The lowest BCUT2D eigenvalue weighted by Gasteiger charge is -2.12. The predicted octanol–water partition coefficient (Wildman–Crippen LogP) is 4.77. The van der Waals surface area contributed by atoms with Crippen LogP contribution in [0, 0.1) is 0 Å². The summed E-state index contributed by atoms with van der Waals surface area (Å²) in [7, 11) is 0. The highest BCUT2D eigenvalue weighted by Gasteiger charge is 2.32. The molecule has 1 heterocycles. The van der Waals surface area contributed by atoms with Gasteiger partial charge in [-0.15, -0.1) is 0 Å². The molecule has 2 aromatic rings. The Labute approximate surface area is 182 Å². The number of phenols is 1. The van der Waals surface area contributed by atoms with E-state index >= 15 is 0 Å². The van der Waals surface area contributed by atoms with E-state index in [2.05, 4.69) is 4.99 Å². The van der Waals surface area contributed by atoms with E-state index in [-0.39, 0.29) is 28.0 Å². The molecule has 0 saturated carbocycles. The number of carbonyl (C=O) groups is 2. The van der Waals surface area contributed by atoms with Gasteiger partial charge in [0.25, 0.3) is 5.91 Å². The van der Waals surface area contributed by atoms with E-state index in [4.69, 9.17) is 21.4 Å². The number of hydrogen-bond donors (Lipinski definition) is 2. The van der Waals surface area contributed by atoms with E-state index < -0.39 is 5.97 Å². The molecule has 9 heteroatoms. The molecule has 3 rings (SSSR count). The molecule has 0 aliphatic carbocycles. The third kappa shape index (κ3) is 4.60. The smallest absolute Gasteiger partial charge is 0.335 e. The molecule has 2 N–H and O–H groups in total. The topological polar surface area (TPSA) is 99.4 Å². The maximum absolute atomic E-state index is 12.8. The van der Waals surface area contributed by atoms with Crippen molar-refractivity contribution >= 4 is 52.2 Å². The van der Waals surface area contributed by atoms with Gasteiger partial charge in [-0.3, -0.25) is 9.69 Å². The van der Waals surface area contributed by atoms with Gasteiger partial charge >= 0.3 is 5.97 Å². The van der Waals surface area contributed by atoms with Gasteiger partial charge in [0.1, 0.15) is 0 Å². The summed E-state index contributed by atoms with van der Waals surface area (Å²) >= 11 is 7.28. The maximum Gasteiger partial charge on any atom is 0.335 e. The SMILES string of the molecule is CCOc1cc(/C=C2\SC(=Nc3ccc(C(=O)O)cc3)N(CC)C2=O)cc(Cl)c1O. The van der Waals surface area contributed by atoms with Gasteiger partial charge in [0.05, 0.1) is 27.8 Å². The number of carboxylic acid groups (broad SMARTS) is 1. The zero-order valence-electron chi connectivity index (χ0n) is 16.3. The third-order valence-electron chi connectivity index (χ3n) is 4.19. The van der Waals surface area contributed by atoms with E-state index in [0.29, 0.717) is 34.5 Å². The van der Waals surface area contributed by atoms with Gasteiger partial charge in [-0.2, -0.15) is 0 Å². The van der Waals surface area contributed by atoms with E-state index in [1.54, 1.807) is 37.3 Å². The fourth-order valence-electron chi connectivity index (χ4n) is 2.75. The average molecular weight is 447 g/mol. The second-order valence-electron chi connectivity index (χ2n) is 6.19. The lowest BCUT2D eigenvalue weighted by Crippen LogP contribution is -2.28. The summed E-state index contributed by atoms with van der Waals surface area (Å²) in [6.45, 7) is 4.42. The molecule has 0 atom stereocenters. The zero-order chi connectivity index (χ0) is 21.8. The number of nitrogens with zero attached hydrogens (tertiary/aromatic N) is 2. The maximum atomic E-state index is 12.8. The van der Waals surface area contributed by atoms with Crippen molar-refractivity contribution in [3.05, 3.63) is 57.5 Å². The highest BCUT2D eigenvalue weighted by molar-refractivity contribution is 8.18. The molecule has 0 aromatic heterocycles. The summed E-state index contributed by atoms with van der Waals surface area (Å²) in [6.07, 6.45) is 1.67. The molecule has 0 radical (unpaired) electrons. The van der Waals surface area contributed by atoms with Crippen molar-refractivity contribution < 1.29 is 24.5 Å². The van der Waals surface area contributed by atoms with Crippen molar-refractivity contribution in [3.8, 4) is 11.5 Å². The van der Waals surface area contributed by atoms with Gasteiger partial charge in [0.15, 0.2) is 16.7 Å². The minimum absolute atomic E-state index is 0.128. The molecule has 7 nitrogen and oxygen atoms in total. The summed E-state index contributed by atoms with van der Waals surface area (Å²) in [5, 5.41) is 19.6. The Morgan fingerprint density at radius 2 is 1.97 bits per heavy atom. The summed E-state index contributed by atoms with van der Waals surface area (Å²) in [4.78, 5) is 30.3. The molecule has 2 aromatic carbocycles.